The van der Waals surface area contributed by atoms with Gasteiger partial charge in [-0.05, 0) is 72.8 Å². The van der Waals surface area contributed by atoms with E-state index >= 15 is 0 Å². The highest BCUT2D eigenvalue weighted by Crippen LogP contribution is 2.39. The fraction of sp³-hybridized carbons (Fsp3) is 0.312. The molecule has 6 rings (SSSR count). The Morgan fingerprint density at radius 3 is 2.49 bits per heavy atom. The Morgan fingerprint density at radius 2 is 1.76 bits per heavy atom. The number of hydrogen-bond donors (Lipinski definition) is 2. The highest BCUT2D eigenvalue weighted by atomic mass is 16.6. The largest absolute Gasteiger partial charge is 0.354 e. The van der Waals surface area contributed by atoms with Crippen LogP contribution in [0.3, 0.4) is 0 Å². The lowest BCUT2D eigenvalue weighted by molar-refractivity contribution is -0.384. The van der Waals surface area contributed by atoms with Gasteiger partial charge in [-0.1, -0.05) is 36.8 Å². The van der Waals surface area contributed by atoms with Gasteiger partial charge >= 0.3 is 0 Å². The number of hydrogen-bond acceptors (Lipinski definition) is 6. The van der Waals surface area contributed by atoms with E-state index < -0.39 is 4.92 Å². The van der Waals surface area contributed by atoms with Gasteiger partial charge in [0.1, 0.15) is 0 Å². The van der Waals surface area contributed by atoms with Crippen LogP contribution in [0.15, 0.2) is 60.7 Å². The van der Waals surface area contributed by atoms with E-state index in [-0.39, 0.29) is 17.5 Å². The molecule has 210 valence electrons. The number of nitrogens with zero attached hydrogens (tertiary/aromatic N) is 3. The van der Waals surface area contributed by atoms with Crippen LogP contribution < -0.4 is 10.6 Å². The van der Waals surface area contributed by atoms with Crippen molar-refractivity contribution in [3.63, 3.8) is 0 Å². The van der Waals surface area contributed by atoms with Crippen molar-refractivity contribution < 1.29 is 14.5 Å². The number of piperidine rings is 1. The number of nitro benzene ring substituents is 1. The fourth-order valence-electron chi connectivity index (χ4n) is 5.99. The summed E-state index contributed by atoms with van der Waals surface area (Å²) in [5.41, 5.74) is 7.02. The van der Waals surface area contributed by atoms with Crippen LogP contribution in [0.25, 0.3) is 11.3 Å². The molecule has 1 fully saturated rings. The lowest BCUT2D eigenvalue weighted by Gasteiger charge is -2.28. The van der Waals surface area contributed by atoms with Crippen molar-refractivity contribution in [2.24, 2.45) is 0 Å². The molecule has 0 radical (unpaired) electrons. The van der Waals surface area contributed by atoms with E-state index in [0.29, 0.717) is 35.6 Å². The molecule has 0 unspecified atom stereocenters. The molecule has 0 bridgehead atoms. The molecule has 3 aromatic rings. The van der Waals surface area contributed by atoms with Crippen molar-refractivity contribution in [3.8, 4) is 0 Å². The zero-order valence-corrected chi connectivity index (χ0v) is 23.1. The second kappa shape index (κ2) is 11.2. The number of nitrogens with one attached hydrogen (secondary N) is 2. The lowest BCUT2D eigenvalue weighted by Crippen LogP contribution is -2.34. The lowest BCUT2D eigenvalue weighted by atomic mass is 9.97. The maximum atomic E-state index is 13.4. The molecule has 3 aliphatic heterocycles. The van der Waals surface area contributed by atoms with E-state index in [4.69, 9.17) is 0 Å². The second-order valence-corrected chi connectivity index (χ2v) is 11.0. The number of likely N-dealkylation sites (tertiary alicyclic amines) is 1. The maximum absolute atomic E-state index is 13.4. The van der Waals surface area contributed by atoms with Gasteiger partial charge in [0.05, 0.1) is 16.2 Å². The number of nitro groups is 1. The average Bonchev–Trinajstić information content (AvgIpc) is 3.31. The van der Waals surface area contributed by atoms with Gasteiger partial charge in [-0.25, -0.2) is 0 Å². The van der Waals surface area contributed by atoms with E-state index in [0.717, 1.165) is 48.4 Å². The van der Waals surface area contributed by atoms with Crippen LogP contribution in [0.4, 0.5) is 17.1 Å². The van der Waals surface area contributed by atoms with Gasteiger partial charge < -0.3 is 15.5 Å². The zero-order valence-electron chi connectivity index (χ0n) is 23.1. The number of fused-ring (bicyclic) bond motifs is 2. The van der Waals surface area contributed by atoms with E-state index in [1.165, 1.54) is 37.0 Å². The van der Waals surface area contributed by atoms with Crippen molar-refractivity contribution in [2.75, 3.05) is 30.3 Å². The number of benzene rings is 3. The highest BCUT2D eigenvalue weighted by molar-refractivity contribution is 6.37. The van der Waals surface area contributed by atoms with Crippen LogP contribution in [0.2, 0.25) is 0 Å². The first-order valence-electron chi connectivity index (χ1n) is 14.2. The SMILES string of the molecule is CC(=O)N1CCc2cc(N/C(=C3\C(=O)Nc4ccc([N+](=O)[O-])cc43)c3ccc(CN4CCCCC4)cc3)ccc2C1. The van der Waals surface area contributed by atoms with Gasteiger partial charge in [0.25, 0.3) is 11.6 Å². The molecule has 3 aliphatic rings. The van der Waals surface area contributed by atoms with Crippen LogP contribution in [-0.4, -0.2) is 46.2 Å². The van der Waals surface area contributed by atoms with Gasteiger partial charge in [-0.3, -0.25) is 24.6 Å². The number of anilines is 2. The Kier molecular flexibility index (Phi) is 7.28. The van der Waals surface area contributed by atoms with Gasteiger partial charge in [0.15, 0.2) is 0 Å². The molecule has 0 aromatic heterocycles. The summed E-state index contributed by atoms with van der Waals surface area (Å²) in [4.78, 5) is 40.7. The van der Waals surface area contributed by atoms with Crippen LogP contribution >= 0.6 is 0 Å². The van der Waals surface area contributed by atoms with Crippen molar-refractivity contribution >= 4 is 40.1 Å². The van der Waals surface area contributed by atoms with Crippen LogP contribution in [0.5, 0.6) is 0 Å². The molecule has 2 N–H and O–H groups in total. The second-order valence-electron chi connectivity index (χ2n) is 11.0. The summed E-state index contributed by atoms with van der Waals surface area (Å²) >= 11 is 0. The Hall–Kier alpha value is -4.50. The molecule has 3 aromatic carbocycles. The minimum atomic E-state index is -0.447. The number of non-ortho nitro benzene ring substituents is 1. The summed E-state index contributed by atoms with van der Waals surface area (Å²) in [7, 11) is 0. The molecule has 9 heteroatoms. The molecule has 9 nitrogen and oxygen atoms in total. The molecular formula is C32H33N5O4. The third kappa shape index (κ3) is 5.58. The highest BCUT2D eigenvalue weighted by Gasteiger charge is 2.30. The third-order valence-corrected chi connectivity index (χ3v) is 8.24. The van der Waals surface area contributed by atoms with E-state index in [2.05, 4.69) is 33.7 Å². The summed E-state index contributed by atoms with van der Waals surface area (Å²) in [5.74, 6) is -0.246. The minimum absolute atomic E-state index is 0.0635. The molecule has 2 amide bonds. The number of rotatable bonds is 6. The molecule has 0 atom stereocenters. The van der Waals surface area contributed by atoms with Gasteiger partial charge in [-0.2, -0.15) is 0 Å². The van der Waals surface area contributed by atoms with Crippen molar-refractivity contribution in [1.29, 1.82) is 0 Å². The quantitative estimate of drug-likeness (QED) is 0.241. The van der Waals surface area contributed by atoms with E-state index in [1.807, 2.05) is 29.2 Å². The van der Waals surface area contributed by atoms with E-state index in [9.17, 15) is 19.7 Å². The van der Waals surface area contributed by atoms with Gasteiger partial charge in [0, 0.05) is 55.6 Å². The molecule has 41 heavy (non-hydrogen) atoms. The summed E-state index contributed by atoms with van der Waals surface area (Å²) in [5, 5.41) is 17.9. The topological polar surface area (TPSA) is 108 Å². The predicted molar refractivity (Wildman–Crippen MR) is 159 cm³/mol. The van der Waals surface area contributed by atoms with Crippen molar-refractivity contribution in [3.05, 3.63) is 98.6 Å². The van der Waals surface area contributed by atoms with Crippen molar-refractivity contribution in [2.45, 2.75) is 45.7 Å². The van der Waals surface area contributed by atoms with Crippen LogP contribution in [-0.2, 0) is 29.1 Å². The first kappa shape index (κ1) is 26.7. The monoisotopic (exact) mass is 551 g/mol. The molecule has 0 spiro atoms. The molecule has 0 aliphatic carbocycles. The maximum Gasteiger partial charge on any atom is 0.270 e. The van der Waals surface area contributed by atoms with Gasteiger partial charge in [0.2, 0.25) is 5.91 Å². The minimum Gasteiger partial charge on any atom is -0.354 e. The summed E-state index contributed by atoms with van der Waals surface area (Å²) in [6, 6.07) is 18.7. The molecular weight excluding hydrogens is 518 g/mol. The van der Waals surface area contributed by atoms with Crippen LogP contribution in [0, 0.1) is 10.1 Å². The summed E-state index contributed by atoms with van der Waals surface area (Å²) in [6.45, 7) is 5.94. The first-order chi connectivity index (χ1) is 19.9. The standard InChI is InChI=1S/C32H33N5O4/c1-21(38)36-16-13-24-17-26(10-9-25(24)20-36)33-31(23-7-5-22(6-8-23)19-35-14-3-2-4-15-35)30-28-18-27(37(40)41)11-12-29(28)34-32(30)39/h5-12,17-18,33H,2-4,13-16,19-20H2,1H3,(H,34,39)/b31-30-. The molecule has 0 saturated carbocycles. The number of carbonyl (C=O) groups excluding carboxylic acids is 2. The Morgan fingerprint density at radius 1 is 0.976 bits per heavy atom. The van der Waals surface area contributed by atoms with E-state index in [1.54, 1.807) is 13.0 Å². The van der Waals surface area contributed by atoms with Gasteiger partial charge in [-0.15, -0.1) is 0 Å². The Labute approximate surface area is 239 Å². The average molecular weight is 552 g/mol. The third-order valence-electron chi connectivity index (χ3n) is 8.24. The molecule has 3 heterocycles. The van der Waals surface area contributed by atoms with Crippen molar-refractivity contribution in [1.82, 2.24) is 9.80 Å². The Balaban J connectivity index is 1.38. The first-order valence-corrected chi connectivity index (χ1v) is 14.2. The number of amides is 2. The number of carbonyl (C=O) groups is 2. The Bertz CT molecular complexity index is 1560. The predicted octanol–water partition coefficient (Wildman–Crippen LogP) is 5.42. The summed E-state index contributed by atoms with van der Waals surface area (Å²) < 4.78 is 0. The smallest absolute Gasteiger partial charge is 0.270 e. The normalized spacial score (nSPS) is 17.9. The summed E-state index contributed by atoms with van der Waals surface area (Å²) in [6.07, 6.45) is 4.49. The zero-order chi connectivity index (χ0) is 28.5. The van der Waals surface area contributed by atoms with Crippen LogP contribution in [0.1, 0.15) is 54.0 Å². The fourth-order valence-corrected chi connectivity index (χ4v) is 5.99. The molecule has 1 saturated heterocycles.